The van der Waals surface area contributed by atoms with E-state index in [0.717, 1.165) is 10.5 Å². The smallest absolute Gasteiger partial charge is 0.308 e. The molecule has 21 nitrogen and oxygen atoms in total. The number of esters is 1. The van der Waals surface area contributed by atoms with E-state index in [0.29, 0.717) is 111 Å². The minimum Gasteiger partial charge on any atom is -0.461 e. The molecule has 2 atom stereocenters. The Hall–Kier alpha value is -4.87. The third-order valence-electron chi connectivity index (χ3n) is 9.42. The number of carbonyl (C=O) groups is 7. The molecule has 0 saturated carbocycles. The maximum Gasteiger partial charge on any atom is 0.308 e. The molecule has 0 spiro atoms. The van der Waals surface area contributed by atoms with Crippen LogP contribution in [-0.4, -0.2) is 177 Å². The summed E-state index contributed by atoms with van der Waals surface area (Å²) in [5, 5.41) is 10.9. The highest BCUT2D eigenvalue weighted by Gasteiger charge is 2.27. The van der Waals surface area contributed by atoms with Gasteiger partial charge in [-0.05, 0) is 37.0 Å². The van der Waals surface area contributed by atoms with Crippen molar-refractivity contribution in [1.29, 1.82) is 0 Å². The summed E-state index contributed by atoms with van der Waals surface area (Å²) >= 11 is 0. The first-order chi connectivity index (χ1) is 32.3. The lowest BCUT2D eigenvalue weighted by Gasteiger charge is -2.24. The number of imide groups is 1. The van der Waals surface area contributed by atoms with Crippen molar-refractivity contribution < 1.29 is 76.2 Å². The van der Waals surface area contributed by atoms with Gasteiger partial charge in [0.05, 0.1) is 105 Å². The van der Waals surface area contributed by atoms with E-state index in [-0.39, 0.29) is 68.8 Å². The van der Waals surface area contributed by atoms with Crippen LogP contribution < -0.4 is 21.3 Å². The van der Waals surface area contributed by atoms with Crippen molar-refractivity contribution in [3.8, 4) is 0 Å². The van der Waals surface area contributed by atoms with Crippen LogP contribution >= 0.6 is 0 Å². The van der Waals surface area contributed by atoms with E-state index < -0.39 is 35.7 Å². The Morgan fingerprint density at radius 2 is 1.01 bits per heavy atom. The van der Waals surface area contributed by atoms with Crippen molar-refractivity contribution in [2.45, 2.75) is 72.6 Å². The van der Waals surface area contributed by atoms with Crippen LogP contribution in [0, 0.1) is 11.8 Å². The van der Waals surface area contributed by atoms with Crippen LogP contribution in [0.1, 0.15) is 59.4 Å². The number of hydrogen-bond donors (Lipinski definition) is 4. The van der Waals surface area contributed by atoms with Gasteiger partial charge in [-0.3, -0.25) is 38.5 Å². The molecule has 2 rings (SSSR count). The highest BCUT2D eigenvalue weighted by molar-refractivity contribution is 6.13. The molecule has 0 saturated heterocycles. The van der Waals surface area contributed by atoms with Gasteiger partial charge in [-0.25, -0.2) is 0 Å². The molecule has 0 bridgehead atoms. The predicted octanol–water partition coefficient (Wildman–Crippen LogP) is 1.31. The van der Waals surface area contributed by atoms with Gasteiger partial charge in [-0.1, -0.05) is 39.8 Å². The zero-order valence-electron chi connectivity index (χ0n) is 39.8. The van der Waals surface area contributed by atoms with Gasteiger partial charge in [0.2, 0.25) is 23.6 Å². The Labute approximate surface area is 393 Å². The lowest BCUT2D eigenvalue weighted by molar-refractivity contribution is -0.148. The van der Waals surface area contributed by atoms with Gasteiger partial charge in [-0.2, -0.15) is 0 Å². The number of nitrogens with one attached hydrogen (secondary N) is 4. The minimum absolute atomic E-state index is 0.0438. The number of rotatable bonds is 40. The first-order valence-electron chi connectivity index (χ1n) is 22.9. The molecule has 21 heteroatoms. The van der Waals surface area contributed by atoms with Crippen LogP contribution in [0.15, 0.2) is 36.4 Å². The van der Waals surface area contributed by atoms with Crippen molar-refractivity contribution in [3.63, 3.8) is 0 Å². The minimum atomic E-state index is -0.876. The third kappa shape index (κ3) is 28.2. The average Bonchev–Trinajstić information content (AvgIpc) is 3.62. The summed E-state index contributed by atoms with van der Waals surface area (Å²) in [5.41, 5.74) is 1.29. The van der Waals surface area contributed by atoms with Crippen molar-refractivity contribution in [1.82, 2.24) is 20.9 Å². The van der Waals surface area contributed by atoms with Crippen molar-refractivity contribution in [2.75, 3.05) is 124 Å². The Bertz CT molecular complexity index is 1630. The van der Waals surface area contributed by atoms with E-state index in [1.807, 2.05) is 0 Å². The van der Waals surface area contributed by atoms with E-state index in [2.05, 4.69) is 21.3 Å². The Morgan fingerprint density at radius 1 is 0.552 bits per heavy atom. The van der Waals surface area contributed by atoms with Gasteiger partial charge in [0.1, 0.15) is 18.7 Å². The zero-order valence-corrected chi connectivity index (χ0v) is 39.8. The number of hydrogen-bond acceptors (Lipinski definition) is 16. The monoisotopic (exact) mass is 952 g/mol. The van der Waals surface area contributed by atoms with Gasteiger partial charge in [0.25, 0.3) is 11.8 Å². The Kier molecular flexibility index (Phi) is 31.5. The van der Waals surface area contributed by atoms with E-state index in [9.17, 15) is 33.6 Å². The summed E-state index contributed by atoms with van der Waals surface area (Å²) < 4.78 is 49.1. The molecule has 6 amide bonds. The molecule has 378 valence electrons. The second-order valence-corrected chi connectivity index (χ2v) is 15.7. The summed E-state index contributed by atoms with van der Waals surface area (Å²) in [6.45, 7) is 15.5. The van der Waals surface area contributed by atoms with Gasteiger partial charge < -0.3 is 63.9 Å². The van der Waals surface area contributed by atoms with Crippen molar-refractivity contribution >= 4 is 47.1 Å². The van der Waals surface area contributed by atoms with Gasteiger partial charge >= 0.3 is 5.97 Å². The zero-order chi connectivity index (χ0) is 49.1. The summed E-state index contributed by atoms with van der Waals surface area (Å²) in [5.74, 6) is -3.06. The second kappa shape index (κ2) is 36.2. The van der Waals surface area contributed by atoms with Crippen LogP contribution in [0.2, 0.25) is 0 Å². The molecule has 1 aliphatic rings. The van der Waals surface area contributed by atoms with Crippen LogP contribution in [-0.2, 0) is 82.8 Å². The number of ether oxygens (including phenoxy) is 9. The highest BCUT2D eigenvalue weighted by atomic mass is 16.6. The maximum atomic E-state index is 13.0. The molecule has 1 heterocycles. The first kappa shape index (κ1) is 58.3. The largest absolute Gasteiger partial charge is 0.461 e. The van der Waals surface area contributed by atoms with Gasteiger partial charge in [0.15, 0.2) is 0 Å². The molecule has 67 heavy (non-hydrogen) atoms. The Morgan fingerprint density at radius 3 is 1.48 bits per heavy atom. The lowest BCUT2D eigenvalue weighted by Crippen LogP contribution is -2.53. The van der Waals surface area contributed by atoms with E-state index in [1.54, 1.807) is 58.9 Å². The lowest BCUT2D eigenvalue weighted by atomic mass is 10.0. The SMILES string of the molecule is CC(C)C(=O)OCc1ccc(NC(=O)[C@H](C)NC(=O)[C@@H](NC(=O)CCOCCOCCOCCOCCOCCOCCOCCOCCCNC(=O)CCN2C(=O)C=CC2=O)C(C)C)cc1. The Balaban J connectivity index is 1.32. The predicted molar refractivity (Wildman–Crippen MR) is 243 cm³/mol. The first-order valence-corrected chi connectivity index (χ1v) is 22.9. The molecule has 0 aliphatic carbocycles. The molecule has 0 fully saturated rings. The van der Waals surface area contributed by atoms with E-state index >= 15 is 0 Å². The standard InChI is InChI=1S/C46H73N5O16/c1-34(2)43(45(57)48-36(5)44(56)49-38-9-7-37(8-10-38)33-67-46(58)35(3)4)50-40(53)14-18-60-20-22-62-24-26-64-28-30-66-32-31-65-29-27-63-25-23-61-21-19-59-17-6-15-47-39(52)13-16-51-41(54)11-12-42(51)55/h7-12,34-36,43H,6,13-33H2,1-5H3,(H,47,52)(H,48,57)(H,49,56)(H,50,53)/t36-,43-/m0/s1. The number of nitrogens with zero attached hydrogens (tertiary/aromatic N) is 1. The molecular weight excluding hydrogens is 879 g/mol. The second-order valence-electron chi connectivity index (χ2n) is 15.7. The molecule has 0 unspecified atom stereocenters. The number of amides is 6. The van der Waals surface area contributed by atoms with Crippen molar-refractivity contribution in [2.24, 2.45) is 11.8 Å². The van der Waals surface area contributed by atoms with Crippen molar-refractivity contribution in [3.05, 3.63) is 42.0 Å². The molecular formula is C46H73N5O16. The molecule has 1 aromatic rings. The van der Waals surface area contributed by atoms with Crippen LogP contribution in [0.3, 0.4) is 0 Å². The quantitative estimate of drug-likeness (QED) is 0.0411. The molecule has 1 aliphatic heterocycles. The molecule has 0 aromatic heterocycles. The van der Waals surface area contributed by atoms with E-state index in [4.69, 9.17) is 42.6 Å². The highest BCUT2D eigenvalue weighted by Crippen LogP contribution is 2.12. The average molecular weight is 952 g/mol. The van der Waals surface area contributed by atoms with Crippen LogP contribution in [0.4, 0.5) is 5.69 Å². The topological polar surface area (TPSA) is 254 Å². The summed E-state index contributed by atoms with van der Waals surface area (Å²) in [6, 6.07) is 5.11. The fourth-order valence-electron chi connectivity index (χ4n) is 5.57. The number of benzene rings is 1. The number of anilines is 1. The van der Waals surface area contributed by atoms with Gasteiger partial charge in [0, 0.05) is 50.4 Å². The fraction of sp³-hybridized carbons (Fsp3) is 0.674. The summed E-state index contributed by atoms with van der Waals surface area (Å²) in [6.07, 6.45) is 3.12. The third-order valence-corrected chi connectivity index (χ3v) is 9.42. The van der Waals surface area contributed by atoms with Crippen LogP contribution in [0.25, 0.3) is 0 Å². The number of carbonyl (C=O) groups excluding carboxylic acids is 7. The fourth-order valence-corrected chi connectivity index (χ4v) is 5.57. The summed E-state index contributed by atoms with van der Waals surface area (Å²) in [7, 11) is 0. The maximum absolute atomic E-state index is 13.0. The molecule has 4 N–H and O–H groups in total. The molecule has 0 radical (unpaired) electrons. The van der Waals surface area contributed by atoms with Crippen LogP contribution in [0.5, 0.6) is 0 Å². The normalized spacial score (nSPS) is 13.3. The summed E-state index contributed by atoms with van der Waals surface area (Å²) in [4.78, 5) is 85.9. The van der Waals surface area contributed by atoms with Gasteiger partial charge in [-0.15, -0.1) is 0 Å². The molecule has 1 aromatic carbocycles. The van der Waals surface area contributed by atoms with E-state index in [1.165, 1.54) is 12.2 Å².